The molecular formula is C19H32O2S2. The highest BCUT2D eigenvalue weighted by molar-refractivity contribution is 7.94. The maximum Gasteiger partial charge on any atom is 0.207 e. The molecule has 0 spiro atoms. The zero-order valence-corrected chi connectivity index (χ0v) is 16.4. The van der Waals surface area contributed by atoms with E-state index in [4.69, 9.17) is 0 Å². The summed E-state index contributed by atoms with van der Waals surface area (Å²) in [6, 6.07) is 7.41. The van der Waals surface area contributed by atoms with Crippen LogP contribution in [-0.2, 0) is 22.4 Å². The van der Waals surface area contributed by atoms with Gasteiger partial charge in [-0.25, -0.2) is 0 Å². The molecule has 0 aliphatic heterocycles. The summed E-state index contributed by atoms with van der Waals surface area (Å²) in [5.74, 6) is 0.685. The van der Waals surface area contributed by atoms with E-state index in [1.807, 2.05) is 24.3 Å². The molecule has 2 unspecified atom stereocenters. The molecule has 0 aliphatic rings. The summed E-state index contributed by atoms with van der Waals surface area (Å²) in [4.78, 5) is 1.47. The van der Waals surface area contributed by atoms with Crippen molar-refractivity contribution in [2.24, 2.45) is 0 Å². The molecule has 0 radical (unpaired) electrons. The fourth-order valence-corrected chi connectivity index (χ4v) is 5.17. The maximum atomic E-state index is 12.4. The molecule has 0 aromatic heterocycles. The molecule has 0 aliphatic carbocycles. The van der Waals surface area contributed by atoms with Crippen LogP contribution in [0.15, 0.2) is 34.1 Å². The van der Waals surface area contributed by atoms with Crippen LogP contribution in [0.1, 0.15) is 71.1 Å². The Morgan fingerprint density at radius 3 is 1.74 bits per heavy atom. The third-order valence-corrected chi connectivity index (χ3v) is 6.70. The minimum atomic E-state index is -1.07. The molecule has 0 bridgehead atoms. The van der Waals surface area contributed by atoms with Crippen LogP contribution in [0.5, 0.6) is 0 Å². The van der Waals surface area contributed by atoms with Crippen LogP contribution in [0, 0.1) is 0 Å². The van der Waals surface area contributed by atoms with Gasteiger partial charge in [-0.05, 0) is 47.3 Å². The fraction of sp³-hybridized carbons (Fsp3) is 0.684. The molecule has 0 amide bonds. The van der Waals surface area contributed by atoms with Crippen molar-refractivity contribution in [3.63, 3.8) is 0 Å². The van der Waals surface area contributed by atoms with Gasteiger partial charge in [-0.2, -0.15) is 0 Å². The quantitative estimate of drug-likeness (QED) is 0.348. The van der Waals surface area contributed by atoms with E-state index in [1.165, 1.54) is 51.4 Å². The molecule has 1 rings (SSSR count). The molecule has 1 aromatic carbocycles. The van der Waals surface area contributed by atoms with Crippen LogP contribution in [-0.4, -0.2) is 21.1 Å². The van der Waals surface area contributed by atoms with Crippen LogP contribution >= 0.6 is 0 Å². The molecule has 132 valence electrons. The highest BCUT2D eigenvalue weighted by Crippen LogP contribution is 2.22. The zero-order valence-electron chi connectivity index (χ0n) is 14.7. The monoisotopic (exact) mass is 356 g/mol. The lowest BCUT2D eigenvalue weighted by Gasteiger charge is -2.14. The fourth-order valence-electron chi connectivity index (χ4n) is 2.71. The lowest BCUT2D eigenvalue weighted by Crippen LogP contribution is -2.12. The first-order valence-corrected chi connectivity index (χ1v) is 11.8. The van der Waals surface area contributed by atoms with Crippen LogP contribution in [0.2, 0.25) is 0 Å². The van der Waals surface area contributed by atoms with Gasteiger partial charge in [-0.1, -0.05) is 70.4 Å². The first kappa shape index (κ1) is 20.9. The van der Waals surface area contributed by atoms with Gasteiger partial charge >= 0.3 is 0 Å². The summed E-state index contributed by atoms with van der Waals surface area (Å²) >= 11 is -2.09. The van der Waals surface area contributed by atoms with E-state index in [0.29, 0.717) is 5.75 Å². The molecule has 0 fully saturated rings. The third-order valence-electron chi connectivity index (χ3n) is 4.09. The second-order valence-electron chi connectivity index (χ2n) is 6.13. The predicted octanol–water partition coefficient (Wildman–Crippen LogP) is 5.45. The Morgan fingerprint density at radius 1 is 0.739 bits per heavy atom. The molecule has 23 heavy (non-hydrogen) atoms. The molecule has 0 heterocycles. The van der Waals surface area contributed by atoms with E-state index < -0.39 is 22.4 Å². The third kappa shape index (κ3) is 9.04. The van der Waals surface area contributed by atoms with Gasteiger partial charge in [-0.15, -0.1) is 0 Å². The smallest absolute Gasteiger partial charge is 0.207 e. The Morgan fingerprint density at radius 2 is 1.22 bits per heavy atom. The summed E-state index contributed by atoms with van der Waals surface area (Å²) < 4.78 is 24.1. The van der Waals surface area contributed by atoms with Crippen molar-refractivity contribution < 1.29 is 9.11 Å². The number of unbranched alkanes of at least 4 members (excludes halogenated alkanes) is 9. The first-order chi connectivity index (χ1) is 11.2. The van der Waals surface area contributed by atoms with Gasteiger partial charge in [0.25, 0.3) is 0 Å². The Kier molecular flexibility index (Phi) is 12.0. The van der Waals surface area contributed by atoms with E-state index in [1.54, 1.807) is 6.26 Å². The lowest BCUT2D eigenvalue weighted by molar-refractivity contribution is 0.557. The topological polar surface area (TPSA) is 46.1 Å². The molecule has 0 saturated heterocycles. The predicted molar refractivity (Wildman–Crippen MR) is 102 cm³/mol. The Balaban J connectivity index is 2.12. The standard InChI is InChI=1S/C19H32O2S2/c1-3-4-5-6-7-8-9-10-11-14-17-23(21)19-16-13-12-15-18(19)22(2)20/h12-13,15-16H,3-11,14,17H2,1-2H3. The van der Waals surface area contributed by atoms with Crippen molar-refractivity contribution in [3.8, 4) is 0 Å². The summed E-state index contributed by atoms with van der Waals surface area (Å²) in [6.07, 6.45) is 14.5. The van der Waals surface area contributed by atoms with Crippen molar-refractivity contribution in [2.75, 3.05) is 12.0 Å². The van der Waals surface area contributed by atoms with Crippen molar-refractivity contribution in [1.82, 2.24) is 0 Å². The van der Waals surface area contributed by atoms with Crippen molar-refractivity contribution in [1.29, 1.82) is 0 Å². The first-order valence-electron chi connectivity index (χ1n) is 8.97. The highest BCUT2D eigenvalue weighted by atomic mass is 32.2. The van der Waals surface area contributed by atoms with Gasteiger partial charge in [0.1, 0.15) is 12.0 Å². The normalized spacial score (nSPS) is 13.9. The Bertz CT molecular complexity index is 410. The van der Waals surface area contributed by atoms with Crippen LogP contribution in [0.4, 0.5) is 0 Å². The van der Waals surface area contributed by atoms with E-state index >= 15 is 0 Å². The molecule has 1 aromatic rings. The van der Waals surface area contributed by atoms with Gasteiger partial charge in [0, 0.05) is 0 Å². The van der Waals surface area contributed by atoms with Crippen LogP contribution in [0.25, 0.3) is 0 Å². The van der Waals surface area contributed by atoms with Gasteiger partial charge in [-0.3, -0.25) is 0 Å². The van der Waals surface area contributed by atoms with E-state index in [-0.39, 0.29) is 0 Å². The molecule has 2 atom stereocenters. The minimum absolute atomic E-state index is 0.685. The van der Waals surface area contributed by atoms with Gasteiger partial charge in [0.2, 0.25) is 9.79 Å². The molecule has 2 nitrogen and oxygen atoms in total. The number of hydrogen-bond acceptors (Lipinski definition) is 2. The minimum Gasteiger partial charge on any atom is -0.612 e. The van der Waals surface area contributed by atoms with Crippen LogP contribution in [0.3, 0.4) is 0 Å². The zero-order chi connectivity index (χ0) is 16.9. The van der Waals surface area contributed by atoms with Crippen molar-refractivity contribution in [3.05, 3.63) is 24.3 Å². The van der Waals surface area contributed by atoms with Crippen molar-refractivity contribution in [2.45, 2.75) is 80.9 Å². The van der Waals surface area contributed by atoms with E-state index in [2.05, 4.69) is 6.92 Å². The summed E-state index contributed by atoms with van der Waals surface area (Å²) in [5.41, 5.74) is 0. The lowest BCUT2D eigenvalue weighted by atomic mass is 10.1. The number of benzene rings is 1. The van der Waals surface area contributed by atoms with Crippen LogP contribution < -0.4 is 0 Å². The molecule has 0 saturated carbocycles. The number of hydrogen-bond donors (Lipinski definition) is 0. The van der Waals surface area contributed by atoms with Gasteiger partial charge < -0.3 is 9.11 Å². The number of rotatable bonds is 13. The average molecular weight is 357 g/mol. The molecular weight excluding hydrogens is 324 g/mol. The summed E-state index contributed by atoms with van der Waals surface area (Å²) in [6.45, 7) is 2.25. The summed E-state index contributed by atoms with van der Waals surface area (Å²) in [7, 11) is 0. The Labute approximate surface area is 148 Å². The van der Waals surface area contributed by atoms with E-state index in [9.17, 15) is 9.11 Å². The largest absolute Gasteiger partial charge is 0.612 e. The Hall–Kier alpha value is -0.160. The molecule has 4 heteroatoms. The van der Waals surface area contributed by atoms with Gasteiger partial charge in [0.05, 0.1) is 0 Å². The highest BCUT2D eigenvalue weighted by Gasteiger charge is 2.21. The summed E-state index contributed by atoms with van der Waals surface area (Å²) in [5, 5.41) is 0. The van der Waals surface area contributed by atoms with E-state index in [0.717, 1.165) is 22.6 Å². The van der Waals surface area contributed by atoms with Gasteiger partial charge in [0.15, 0.2) is 0 Å². The second kappa shape index (κ2) is 13.2. The average Bonchev–Trinajstić information content (AvgIpc) is 2.56. The molecule has 0 N–H and O–H groups in total. The van der Waals surface area contributed by atoms with Crippen molar-refractivity contribution >= 4 is 22.4 Å². The second-order valence-corrected chi connectivity index (χ2v) is 9.02. The SMILES string of the molecule is CCCCCCCCCCCC[S+]([O-])c1ccccc1[S+](C)[O-]. The maximum absolute atomic E-state index is 12.4.